The molecule has 0 saturated carbocycles. The second-order valence-corrected chi connectivity index (χ2v) is 4.46. The van der Waals surface area contributed by atoms with Crippen molar-refractivity contribution >= 4 is 17.7 Å². The number of hydrogen-bond acceptors (Lipinski definition) is 3. The molecule has 0 aliphatic carbocycles. The maximum atomic E-state index is 12.4. The molecule has 0 aromatic rings. The lowest BCUT2D eigenvalue weighted by molar-refractivity contribution is -0.166. The highest BCUT2D eigenvalue weighted by molar-refractivity contribution is 6.05. The van der Waals surface area contributed by atoms with Crippen molar-refractivity contribution < 1.29 is 15.8 Å². The Morgan fingerprint density at radius 2 is 2.00 bits per heavy atom. The maximum Gasteiger partial charge on any atom is 0.252 e. The molecule has 1 heterocycles. The maximum absolute atomic E-state index is 12.4. The second-order valence-electron chi connectivity index (χ2n) is 4.46. The largest absolute Gasteiger partial charge is 0.332 e. The molecule has 96 valence electrons. The van der Waals surface area contributed by atoms with E-state index in [1.165, 1.54) is 20.9 Å². The molecule has 1 saturated heterocycles. The molecule has 0 unspecified atom stereocenters. The number of carbonyl (C=O) groups excluding carboxylic acids is 3. The summed E-state index contributed by atoms with van der Waals surface area (Å²) in [5, 5.41) is 0. The SMILES string of the molecule is [2H][C@@]1([C@@H](C)CC)C(=O)N(C(C)=O)[C@H](C)C(=O)N1C. The molecule has 5 heteroatoms. The third-order valence-electron chi connectivity index (χ3n) is 3.29. The van der Waals surface area contributed by atoms with E-state index in [9.17, 15) is 14.4 Å². The molecular formula is C12H20N2O3. The van der Waals surface area contributed by atoms with Crippen LogP contribution in [0.15, 0.2) is 0 Å². The second kappa shape index (κ2) is 4.85. The highest BCUT2D eigenvalue weighted by atomic mass is 16.2. The van der Waals surface area contributed by atoms with E-state index in [4.69, 9.17) is 1.37 Å². The summed E-state index contributed by atoms with van der Waals surface area (Å²) in [6, 6.07) is -2.52. The smallest absolute Gasteiger partial charge is 0.252 e. The molecule has 17 heavy (non-hydrogen) atoms. The molecule has 0 bridgehead atoms. The Morgan fingerprint density at radius 1 is 1.47 bits per heavy atom. The summed E-state index contributed by atoms with van der Waals surface area (Å²) in [7, 11) is 1.45. The van der Waals surface area contributed by atoms with Crippen LogP contribution in [0.5, 0.6) is 0 Å². The van der Waals surface area contributed by atoms with E-state index in [0.29, 0.717) is 6.42 Å². The third-order valence-corrected chi connectivity index (χ3v) is 3.29. The molecule has 0 aromatic heterocycles. The van der Waals surface area contributed by atoms with Crippen LogP contribution in [0.25, 0.3) is 0 Å². The van der Waals surface area contributed by atoms with Crippen LogP contribution in [0.2, 0.25) is 0 Å². The van der Waals surface area contributed by atoms with E-state index >= 15 is 0 Å². The van der Waals surface area contributed by atoms with Crippen molar-refractivity contribution in [2.75, 3.05) is 7.05 Å². The summed E-state index contributed by atoms with van der Waals surface area (Å²) < 4.78 is 8.34. The summed E-state index contributed by atoms with van der Waals surface area (Å²) in [6.45, 7) is 6.34. The van der Waals surface area contributed by atoms with Crippen LogP contribution in [-0.2, 0) is 14.4 Å². The predicted molar refractivity (Wildman–Crippen MR) is 63.0 cm³/mol. The van der Waals surface area contributed by atoms with Crippen LogP contribution in [0.1, 0.15) is 35.5 Å². The van der Waals surface area contributed by atoms with Gasteiger partial charge in [0.25, 0.3) is 5.91 Å². The number of rotatable bonds is 2. The molecule has 3 atom stereocenters. The van der Waals surface area contributed by atoms with E-state index in [0.717, 1.165) is 9.80 Å². The zero-order chi connectivity index (χ0) is 14.2. The van der Waals surface area contributed by atoms with Gasteiger partial charge in [-0.1, -0.05) is 20.3 Å². The highest BCUT2D eigenvalue weighted by Gasteiger charge is 2.45. The fourth-order valence-corrected chi connectivity index (χ4v) is 2.10. The quantitative estimate of drug-likeness (QED) is 0.712. The molecule has 1 rings (SSSR count). The van der Waals surface area contributed by atoms with E-state index in [1.807, 2.05) is 6.92 Å². The van der Waals surface area contributed by atoms with Gasteiger partial charge in [0.2, 0.25) is 11.8 Å². The zero-order valence-electron chi connectivity index (χ0n) is 12.0. The summed E-state index contributed by atoms with van der Waals surface area (Å²) in [5.41, 5.74) is 0. The lowest BCUT2D eigenvalue weighted by Gasteiger charge is -2.42. The average Bonchev–Trinajstić information content (AvgIpc) is 2.32. The Bertz CT molecular complexity index is 399. The number of nitrogens with zero attached hydrogens (tertiary/aromatic N) is 2. The summed E-state index contributed by atoms with van der Waals surface area (Å²) in [5.74, 6) is -1.82. The standard InChI is InChI=1S/C12H20N2O3/c1-6-7(2)10-12(17)14(9(4)15)8(3)11(16)13(10)5/h7-8,10H,6H2,1-5H3/t7-,8+,10+/m0/s1/i10D. The third kappa shape index (κ3) is 2.18. The van der Waals surface area contributed by atoms with Crippen LogP contribution in [-0.4, -0.2) is 46.6 Å². The van der Waals surface area contributed by atoms with Crippen LogP contribution in [0.4, 0.5) is 0 Å². The summed E-state index contributed by atoms with van der Waals surface area (Å²) in [6.07, 6.45) is 0.576. The van der Waals surface area contributed by atoms with Crippen LogP contribution >= 0.6 is 0 Å². The molecule has 0 N–H and O–H groups in total. The van der Waals surface area contributed by atoms with Crippen LogP contribution in [0, 0.1) is 5.92 Å². The minimum atomic E-state index is -1.69. The number of imide groups is 1. The molecule has 5 nitrogen and oxygen atoms in total. The van der Waals surface area contributed by atoms with Gasteiger partial charge in [0.05, 0.1) is 1.37 Å². The molecule has 0 spiro atoms. The Kier molecular flexibility index (Phi) is 3.45. The highest BCUT2D eigenvalue weighted by Crippen LogP contribution is 2.23. The van der Waals surface area contributed by atoms with Gasteiger partial charge in [0, 0.05) is 14.0 Å². The van der Waals surface area contributed by atoms with E-state index in [-0.39, 0.29) is 11.8 Å². The van der Waals surface area contributed by atoms with Gasteiger partial charge in [0.1, 0.15) is 12.1 Å². The van der Waals surface area contributed by atoms with Gasteiger partial charge in [0.15, 0.2) is 0 Å². The average molecular weight is 241 g/mol. The van der Waals surface area contributed by atoms with Crippen molar-refractivity contribution in [1.29, 1.82) is 0 Å². The first kappa shape index (κ1) is 12.1. The molecular weight excluding hydrogens is 220 g/mol. The molecule has 1 aliphatic heterocycles. The zero-order valence-corrected chi connectivity index (χ0v) is 11.0. The van der Waals surface area contributed by atoms with Crippen LogP contribution in [0.3, 0.4) is 0 Å². The fourth-order valence-electron chi connectivity index (χ4n) is 2.10. The Hall–Kier alpha value is -1.39. The molecule has 1 aliphatic rings. The summed E-state index contributed by atoms with van der Waals surface area (Å²) in [4.78, 5) is 38.0. The van der Waals surface area contributed by atoms with Crippen molar-refractivity contribution in [3.8, 4) is 0 Å². The predicted octanol–water partition coefficient (Wildman–Crippen LogP) is 0.637. The van der Waals surface area contributed by atoms with Crippen molar-refractivity contribution in [3.63, 3.8) is 0 Å². The molecule has 1 fully saturated rings. The molecule has 0 radical (unpaired) electrons. The number of carbonyl (C=O) groups is 3. The van der Waals surface area contributed by atoms with Gasteiger partial charge in [-0.25, -0.2) is 0 Å². The monoisotopic (exact) mass is 241 g/mol. The van der Waals surface area contributed by atoms with Crippen molar-refractivity contribution in [2.24, 2.45) is 5.92 Å². The number of likely N-dealkylation sites (N-methyl/N-ethyl adjacent to an activating group) is 1. The molecule has 3 amide bonds. The van der Waals surface area contributed by atoms with Gasteiger partial charge in [-0.05, 0) is 12.8 Å². The Labute approximate surface area is 103 Å². The van der Waals surface area contributed by atoms with Crippen LogP contribution < -0.4 is 0 Å². The lowest BCUT2D eigenvalue weighted by atomic mass is 9.93. The Balaban J connectivity index is 3.31. The van der Waals surface area contributed by atoms with Crippen molar-refractivity contribution in [3.05, 3.63) is 0 Å². The fraction of sp³-hybridized carbons (Fsp3) is 0.750. The van der Waals surface area contributed by atoms with Gasteiger partial charge in [-0.15, -0.1) is 0 Å². The van der Waals surface area contributed by atoms with Crippen molar-refractivity contribution in [2.45, 2.75) is 46.2 Å². The van der Waals surface area contributed by atoms with E-state index in [2.05, 4.69) is 0 Å². The van der Waals surface area contributed by atoms with Gasteiger partial charge >= 0.3 is 0 Å². The topological polar surface area (TPSA) is 57.7 Å². The van der Waals surface area contributed by atoms with Gasteiger partial charge in [-0.2, -0.15) is 0 Å². The van der Waals surface area contributed by atoms with E-state index in [1.54, 1.807) is 6.92 Å². The minimum Gasteiger partial charge on any atom is -0.332 e. The summed E-state index contributed by atoms with van der Waals surface area (Å²) >= 11 is 0. The Morgan fingerprint density at radius 3 is 2.41 bits per heavy atom. The van der Waals surface area contributed by atoms with Gasteiger partial charge in [-0.3, -0.25) is 19.3 Å². The normalized spacial score (nSPS) is 32.5. The van der Waals surface area contributed by atoms with Gasteiger partial charge < -0.3 is 4.90 Å². The number of amides is 3. The first-order valence-corrected chi connectivity index (χ1v) is 5.81. The molecule has 0 aromatic carbocycles. The van der Waals surface area contributed by atoms with Crippen molar-refractivity contribution in [1.82, 2.24) is 9.80 Å². The first-order valence-electron chi connectivity index (χ1n) is 6.31. The lowest BCUT2D eigenvalue weighted by Crippen LogP contribution is -2.65. The number of piperazine rings is 1. The number of hydrogen-bond donors (Lipinski definition) is 0. The first-order chi connectivity index (χ1) is 8.19. The minimum absolute atomic E-state index is 0.340. The van der Waals surface area contributed by atoms with E-state index < -0.39 is 23.9 Å².